The summed E-state index contributed by atoms with van der Waals surface area (Å²) in [6.45, 7) is 6.58. The fourth-order valence-electron chi connectivity index (χ4n) is 1.42. The minimum atomic E-state index is 0.201. The Kier molecular flexibility index (Phi) is 3.86. The highest BCUT2D eigenvalue weighted by atomic mass is 32.1. The molecule has 0 fully saturated rings. The average Bonchev–Trinajstić information content (AvgIpc) is 2.94. The number of hydrogen-bond donors (Lipinski definition) is 1. The molecule has 0 radical (unpaired) electrons. The maximum atomic E-state index is 5.29. The Morgan fingerprint density at radius 3 is 2.88 bits per heavy atom. The van der Waals surface area contributed by atoms with Crippen LogP contribution < -0.4 is 5.32 Å². The minimum Gasteiger partial charge on any atom is -0.424 e. The SMILES string of the molecule is CCc1cnc([C@H](C)NCc2nnc(C)o2)s1. The largest absolute Gasteiger partial charge is 0.424 e. The van der Waals surface area contributed by atoms with Crippen LogP contribution in [0.3, 0.4) is 0 Å². The first kappa shape index (κ1) is 12.2. The molecular weight excluding hydrogens is 236 g/mol. The zero-order chi connectivity index (χ0) is 12.3. The second-order valence-corrected chi connectivity index (χ2v) is 4.98. The normalized spacial score (nSPS) is 12.9. The van der Waals surface area contributed by atoms with Gasteiger partial charge in [0.2, 0.25) is 11.8 Å². The van der Waals surface area contributed by atoms with Gasteiger partial charge >= 0.3 is 0 Å². The molecule has 2 aromatic heterocycles. The van der Waals surface area contributed by atoms with E-state index in [-0.39, 0.29) is 6.04 Å². The van der Waals surface area contributed by atoms with Gasteiger partial charge in [-0.15, -0.1) is 21.5 Å². The van der Waals surface area contributed by atoms with E-state index >= 15 is 0 Å². The summed E-state index contributed by atoms with van der Waals surface area (Å²) in [5, 5.41) is 12.1. The Bertz CT molecular complexity index is 479. The van der Waals surface area contributed by atoms with Crippen LogP contribution in [0.5, 0.6) is 0 Å². The minimum absolute atomic E-state index is 0.201. The van der Waals surface area contributed by atoms with E-state index in [1.165, 1.54) is 4.88 Å². The smallest absolute Gasteiger partial charge is 0.230 e. The zero-order valence-electron chi connectivity index (χ0n) is 10.2. The number of hydrogen-bond acceptors (Lipinski definition) is 6. The summed E-state index contributed by atoms with van der Waals surface area (Å²) in [7, 11) is 0. The molecule has 0 aliphatic heterocycles. The number of nitrogens with zero attached hydrogens (tertiary/aromatic N) is 3. The van der Waals surface area contributed by atoms with E-state index in [1.54, 1.807) is 18.3 Å². The van der Waals surface area contributed by atoms with E-state index in [9.17, 15) is 0 Å². The van der Waals surface area contributed by atoms with Crippen molar-refractivity contribution in [1.29, 1.82) is 0 Å². The van der Waals surface area contributed by atoms with Crippen LogP contribution in [0.2, 0.25) is 0 Å². The average molecular weight is 252 g/mol. The van der Waals surface area contributed by atoms with Crippen LogP contribution in [0, 0.1) is 6.92 Å². The van der Waals surface area contributed by atoms with Gasteiger partial charge in [0.1, 0.15) is 5.01 Å². The summed E-state index contributed by atoms with van der Waals surface area (Å²) in [5.41, 5.74) is 0. The summed E-state index contributed by atoms with van der Waals surface area (Å²) in [4.78, 5) is 5.70. The standard InChI is InChI=1S/C11H16N4OS/c1-4-9-5-13-11(17-9)7(2)12-6-10-15-14-8(3)16-10/h5,7,12H,4,6H2,1-3H3/t7-/m0/s1. The van der Waals surface area contributed by atoms with Crippen LogP contribution in [0.15, 0.2) is 10.6 Å². The molecule has 6 heteroatoms. The first-order valence-corrected chi connectivity index (χ1v) is 6.47. The van der Waals surface area contributed by atoms with Crippen molar-refractivity contribution in [2.24, 2.45) is 0 Å². The van der Waals surface area contributed by atoms with E-state index in [4.69, 9.17) is 4.42 Å². The highest BCUT2D eigenvalue weighted by Gasteiger charge is 2.11. The maximum Gasteiger partial charge on any atom is 0.230 e. The third-order valence-electron chi connectivity index (χ3n) is 2.42. The van der Waals surface area contributed by atoms with Gasteiger partial charge in [-0.2, -0.15) is 0 Å². The first-order chi connectivity index (χ1) is 8.19. The Morgan fingerprint density at radius 2 is 2.29 bits per heavy atom. The molecule has 0 unspecified atom stereocenters. The highest BCUT2D eigenvalue weighted by Crippen LogP contribution is 2.20. The van der Waals surface area contributed by atoms with Crippen molar-refractivity contribution in [3.63, 3.8) is 0 Å². The predicted molar refractivity (Wildman–Crippen MR) is 65.8 cm³/mol. The quantitative estimate of drug-likeness (QED) is 0.884. The predicted octanol–water partition coefficient (Wildman–Crippen LogP) is 2.25. The number of rotatable bonds is 5. The van der Waals surface area contributed by atoms with Crippen LogP contribution in [0.4, 0.5) is 0 Å². The van der Waals surface area contributed by atoms with Gasteiger partial charge in [-0.3, -0.25) is 5.32 Å². The molecule has 0 aliphatic carbocycles. The van der Waals surface area contributed by atoms with E-state index in [0.717, 1.165) is 11.4 Å². The van der Waals surface area contributed by atoms with Crippen LogP contribution in [0.1, 0.15) is 41.6 Å². The molecule has 92 valence electrons. The summed E-state index contributed by atoms with van der Waals surface area (Å²) in [6, 6.07) is 0.201. The van der Waals surface area contributed by atoms with Gasteiger partial charge in [0, 0.05) is 18.0 Å². The lowest BCUT2D eigenvalue weighted by Gasteiger charge is -2.08. The summed E-state index contributed by atoms with van der Waals surface area (Å²) in [6.07, 6.45) is 2.97. The molecule has 0 amide bonds. The Labute approximate surface area is 104 Å². The summed E-state index contributed by atoms with van der Waals surface area (Å²) in [5.74, 6) is 1.21. The molecule has 0 saturated heterocycles. The molecule has 0 saturated carbocycles. The van der Waals surface area contributed by atoms with Crippen molar-refractivity contribution in [3.05, 3.63) is 27.9 Å². The van der Waals surface area contributed by atoms with Crippen molar-refractivity contribution in [2.75, 3.05) is 0 Å². The summed E-state index contributed by atoms with van der Waals surface area (Å²) < 4.78 is 5.29. The third-order valence-corrected chi connectivity index (χ3v) is 3.74. The molecule has 2 rings (SSSR count). The van der Waals surface area contributed by atoms with Gasteiger partial charge in [-0.05, 0) is 13.3 Å². The van der Waals surface area contributed by atoms with Gasteiger partial charge in [0.15, 0.2) is 0 Å². The Balaban J connectivity index is 1.90. The molecule has 5 nitrogen and oxygen atoms in total. The van der Waals surface area contributed by atoms with Crippen LogP contribution in [-0.4, -0.2) is 15.2 Å². The molecule has 1 atom stereocenters. The maximum absolute atomic E-state index is 5.29. The van der Waals surface area contributed by atoms with E-state index in [0.29, 0.717) is 18.3 Å². The molecule has 0 aliphatic rings. The van der Waals surface area contributed by atoms with Gasteiger partial charge in [0.05, 0.1) is 12.6 Å². The van der Waals surface area contributed by atoms with Gasteiger partial charge < -0.3 is 4.42 Å². The second-order valence-electron chi connectivity index (χ2n) is 3.84. The van der Waals surface area contributed by atoms with E-state index < -0.39 is 0 Å². The fraction of sp³-hybridized carbons (Fsp3) is 0.545. The van der Waals surface area contributed by atoms with Crippen LogP contribution >= 0.6 is 11.3 Å². The monoisotopic (exact) mass is 252 g/mol. The van der Waals surface area contributed by atoms with Crippen molar-refractivity contribution < 1.29 is 4.42 Å². The first-order valence-electron chi connectivity index (χ1n) is 5.66. The molecule has 2 aromatic rings. The topological polar surface area (TPSA) is 63.8 Å². The van der Waals surface area contributed by atoms with Crippen LogP contribution in [0.25, 0.3) is 0 Å². The van der Waals surface area contributed by atoms with Gasteiger partial charge in [-0.25, -0.2) is 4.98 Å². The van der Waals surface area contributed by atoms with Gasteiger partial charge in [-0.1, -0.05) is 6.92 Å². The lowest BCUT2D eigenvalue weighted by Crippen LogP contribution is -2.18. The van der Waals surface area contributed by atoms with Gasteiger partial charge in [0.25, 0.3) is 0 Å². The molecule has 0 aromatic carbocycles. The fourth-order valence-corrected chi connectivity index (χ4v) is 2.31. The number of thiazole rings is 1. The van der Waals surface area contributed by atoms with Crippen molar-refractivity contribution in [3.8, 4) is 0 Å². The summed E-state index contributed by atoms with van der Waals surface area (Å²) >= 11 is 1.74. The zero-order valence-corrected chi connectivity index (χ0v) is 11.0. The number of aryl methyl sites for hydroxylation is 2. The third kappa shape index (κ3) is 3.10. The Morgan fingerprint density at radius 1 is 1.47 bits per heavy atom. The van der Waals surface area contributed by atoms with Crippen LogP contribution in [-0.2, 0) is 13.0 Å². The molecule has 0 bridgehead atoms. The molecular formula is C11H16N4OS. The molecule has 1 N–H and O–H groups in total. The lowest BCUT2D eigenvalue weighted by atomic mass is 10.3. The lowest BCUT2D eigenvalue weighted by molar-refractivity contribution is 0.430. The molecule has 0 spiro atoms. The second kappa shape index (κ2) is 5.37. The Hall–Kier alpha value is -1.27. The molecule has 2 heterocycles. The molecule has 17 heavy (non-hydrogen) atoms. The highest BCUT2D eigenvalue weighted by molar-refractivity contribution is 7.11. The van der Waals surface area contributed by atoms with E-state index in [1.807, 2.05) is 6.20 Å². The number of nitrogens with one attached hydrogen (secondary N) is 1. The van der Waals surface area contributed by atoms with Crippen molar-refractivity contribution in [1.82, 2.24) is 20.5 Å². The number of aromatic nitrogens is 3. The van der Waals surface area contributed by atoms with Crippen molar-refractivity contribution >= 4 is 11.3 Å². The van der Waals surface area contributed by atoms with Crippen molar-refractivity contribution in [2.45, 2.75) is 39.8 Å². The van der Waals surface area contributed by atoms with E-state index in [2.05, 4.69) is 34.3 Å².